The minimum atomic E-state index is -0.972. The van der Waals surface area contributed by atoms with E-state index >= 15 is 0 Å². The lowest BCUT2D eigenvalue weighted by Crippen LogP contribution is -2.08. The topological polar surface area (TPSA) is 64.3 Å². The van der Waals surface area contributed by atoms with Gasteiger partial charge in [0.2, 0.25) is 0 Å². The first-order valence-corrected chi connectivity index (χ1v) is 5.19. The largest absolute Gasteiger partial charge is 0.492 e. The van der Waals surface area contributed by atoms with Crippen molar-refractivity contribution in [3.05, 3.63) is 48.3 Å². The van der Waals surface area contributed by atoms with Crippen molar-refractivity contribution < 1.29 is 14.6 Å². The third kappa shape index (κ3) is 3.07. The van der Waals surface area contributed by atoms with E-state index in [1.54, 1.807) is 4.68 Å². The Morgan fingerprint density at radius 1 is 1.35 bits per heavy atom. The fourth-order valence-electron chi connectivity index (χ4n) is 1.37. The molecule has 1 N–H and O–H groups in total. The number of hydrogen-bond acceptors (Lipinski definition) is 3. The van der Waals surface area contributed by atoms with Gasteiger partial charge in [0.05, 0.1) is 18.3 Å². The van der Waals surface area contributed by atoms with Crippen LogP contribution in [-0.2, 0) is 6.54 Å². The van der Waals surface area contributed by atoms with Gasteiger partial charge in [0.25, 0.3) is 0 Å². The summed E-state index contributed by atoms with van der Waals surface area (Å²) in [5, 5.41) is 12.6. The highest BCUT2D eigenvalue weighted by atomic mass is 16.5. The zero-order chi connectivity index (χ0) is 12.1. The van der Waals surface area contributed by atoms with Crippen LogP contribution in [0.4, 0.5) is 0 Å². The molecular formula is C12H12N2O3. The number of rotatable bonds is 5. The van der Waals surface area contributed by atoms with Crippen molar-refractivity contribution in [2.45, 2.75) is 6.54 Å². The Labute approximate surface area is 98.3 Å². The summed E-state index contributed by atoms with van der Waals surface area (Å²) < 4.78 is 7.02. The quantitative estimate of drug-likeness (QED) is 0.851. The van der Waals surface area contributed by atoms with Crippen molar-refractivity contribution >= 4 is 5.97 Å². The van der Waals surface area contributed by atoms with Crippen LogP contribution < -0.4 is 4.74 Å². The van der Waals surface area contributed by atoms with E-state index in [4.69, 9.17) is 9.84 Å². The number of carbonyl (C=O) groups is 1. The van der Waals surface area contributed by atoms with Gasteiger partial charge in [0, 0.05) is 6.20 Å². The summed E-state index contributed by atoms with van der Waals surface area (Å²) in [5.41, 5.74) is 0.185. The molecule has 5 nitrogen and oxygen atoms in total. The molecule has 0 saturated heterocycles. The molecule has 1 heterocycles. The van der Waals surface area contributed by atoms with Crippen molar-refractivity contribution in [1.82, 2.24) is 9.78 Å². The molecule has 0 aliphatic carbocycles. The van der Waals surface area contributed by atoms with Crippen LogP contribution >= 0.6 is 0 Å². The Kier molecular flexibility index (Phi) is 3.40. The van der Waals surface area contributed by atoms with Gasteiger partial charge in [0.1, 0.15) is 12.4 Å². The average molecular weight is 232 g/mol. The molecule has 0 amide bonds. The van der Waals surface area contributed by atoms with Crippen LogP contribution in [0.25, 0.3) is 0 Å². The van der Waals surface area contributed by atoms with Gasteiger partial charge in [-0.15, -0.1) is 0 Å². The van der Waals surface area contributed by atoms with E-state index in [-0.39, 0.29) is 5.56 Å². The van der Waals surface area contributed by atoms with Gasteiger partial charge >= 0.3 is 5.97 Å². The highest BCUT2D eigenvalue weighted by Gasteiger charge is 2.05. The predicted molar refractivity (Wildman–Crippen MR) is 61.1 cm³/mol. The van der Waals surface area contributed by atoms with E-state index in [1.165, 1.54) is 12.4 Å². The lowest BCUT2D eigenvalue weighted by molar-refractivity contribution is 0.0696. The van der Waals surface area contributed by atoms with Crippen molar-refractivity contribution in [1.29, 1.82) is 0 Å². The number of benzene rings is 1. The summed E-state index contributed by atoms with van der Waals surface area (Å²) in [6.07, 6.45) is 2.81. The summed E-state index contributed by atoms with van der Waals surface area (Å²) in [6, 6.07) is 9.44. The Balaban J connectivity index is 1.84. The lowest BCUT2D eigenvalue weighted by atomic mass is 10.3. The highest BCUT2D eigenvalue weighted by molar-refractivity contribution is 5.86. The van der Waals surface area contributed by atoms with Crippen LogP contribution in [-0.4, -0.2) is 27.5 Å². The molecule has 0 saturated carbocycles. The summed E-state index contributed by atoms with van der Waals surface area (Å²) in [5.74, 6) is -0.182. The van der Waals surface area contributed by atoms with Crippen LogP contribution in [0.3, 0.4) is 0 Å². The van der Waals surface area contributed by atoms with Gasteiger partial charge in [-0.2, -0.15) is 5.10 Å². The lowest BCUT2D eigenvalue weighted by Gasteiger charge is -2.05. The Hall–Kier alpha value is -2.30. The second kappa shape index (κ2) is 5.16. The molecule has 0 aliphatic rings. The SMILES string of the molecule is O=C(O)c1cnn(CCOc2ccccc2)c1. The maximum atomic E-state index is 10.6. The van der Waals surface area contributed by atoms with E-state index in [1.807, 2.05) is 30.3 Å². The minimum absolute atomic E-state index is 0.185. The number of ether oxygens (including phenoxy) is 1. The standard InChI is InChI=1S/C12H12N2O3/c15-12(16)10-8-13-14(9-10)6-7-17-11-4-2-1-3-5-11/h1-5,8-9H,6-7H2,(H,15,16). The average Bonchev–Trinajstić information content (AvgIpc) is 2.79. The molecule has 0 bridgehead atoms. The maximum absolute atomic E-state index is 10.6. The number of aromatic carboxylic acids is 1. The normalized spacial score (nSPS) is 10.1. The van der Waals surface area contributed by atoms with Crippen LogP contribution in [0.15, 0.2) is 42.7 Å². The van der Waals surface area contributed by atoms with Gasteiger partial charge in [-0.3, -0.25) is 4.68 Å². The Morgan fingerprint density at radius 2 is 2.12 bits per heavy atom. The molecule has 0 atom stereocenters. The fraction of sp³-hybridized carbons (Fsp3) is 0.167. The zero-order valence-corrected chi connectivity index (χ0v) is 9.11. The zero-order valence-electron chi connectivity index (χ0n) is 9.11. The number of carboxylic acid groups (broad SMARTS) is 1. The van der Waals surface area contributed by atoms with Gasteiger partial charge < -0.3 is 9.84 Å². The van der Waals surface area contributed by atoms with E-state index in [2.05, 4.69) is 5.10 Å². The second-order valence-corrected chi connectivity index (χ2v) is 3.46. The number of nitrogens with zero attached hydrogens (tertiary/aromatic N) is 2. The maximum Gasteiger partial charge on any atom is 0.338 e. The highest BCUT2D eigenvalue weighted by Crippen LogP contribution is 2.08. The Morgan fingerprint density at radius 3 is 2.76 bits per heavy atom. The molecule has 0 aliphatic heterocycles. The first-order chi connectivity index (χ1) is 8.25. The van der Waals surface area contributed by atoms with Crippen LogP contribution in [0.5, 0.6) is 5.75 Å². The third-order valence-electron chi connectivity index (χ3n) is 2.21. The molecule has 2 rings (SSSR count). The third-order valence-corrected chi connectivity index (χ3v) is 2.21. The molecule has 0 radical (unpaired) electrons. The van der Waals surface area contributed by atoms with E-state index in [0.29, 0.717) is 13.2 Å². The predicted octanol–water partition coefficient (Wildman–Crippen LogP) is 1.66. The molecule has 2 aromatic rings. The molecule has 5 heteroatoms. The Bertz CT molecular complexity index is 493. The summed E-state index contributed by atoms with van der Waals surface area (Å²) in [6.45, 7) is 0.965. The molecule has 0 spiro atoms. The smallest absolute Gasteiger partial charge is 0.338 e. The van der Waals surface area contributed by atoms with Crippen LogP contribution in [0.1, 0.15) is 10.4 Å². The van der Waals surface area contributed by atoms with Crippen molar-refractivity contribution in [3.8, 4) is 5.75 Å². The van der Waals surface area contributed by atoms with Gasteiger partial charge in [-0.05, 0) is 12.1 Å². The molecule has 0 fully saturated rings. The van der Waals surface area contributed by atoms with Gasteiger partial charge in [0.15, 0.2) is 0 Å². The van der Waals surface area contributed by atoms with E-state index in [0.717, 1.165) is 5.75 Å². The first kappa shape index (κ1) is 11.2. The number of carboxylic acids is 1. The molecule has 1 aromatic heterocycles. The number of aromatic nitrogens is 2. The van der Waals surface area contributed by atoms with Crippen molar-refractivity contribution in [3.63, 3.8) is 0 Å². The molecular weight excluding hydrogens is 220 g/mol. The van der Waals surface area contributed by atoms with E-state index < -0.39 is 5.97 Å². The molecule has 1 aromatic carbocycles. The summed E-state index contributed by atoms with van der Waals surface area (Å²) in [4.78, 5) is 10.6. The molecule has 0 unspecified atom stereocenters. The second-order valence-electron chi connectivity index (χ2n) is 3.46. The molecule has 88 valence electrons. The number of para-hydroxylation sites is 1. The van der Waals surface area contributed by atoms with Crippen molar-refractivity contribution in [2.24, 2.45) is 0 Å². The van der Waals surface area contributed by atoms with Gasteiger partial charge in [-0.25, -0.2) is 4.79 Å². The fourth-order valence-corrected chi connectivity index (χ4v) is 1.37. The summed E-state index contributed by atoms with van der Waals surface area (Å²) in [7, 11) is 0. The van der Waals surface area contributed by atoms with Crippen LogP contribution in [0, 0.1) is 0 Å². The van der Waals surface area contributed by atoms with Gasteiger partial charge in [-0.1, -0.05) is 18.2 Å². The van der Waals surface area contributed by atoms with E-state index in [9.17, 15) is 4.79 Å². The van der Waals surface area contributed by atoms with Crippen LogP contribution in [0.2, 0.25) is 0 Å². The number of hydrogen-bond donors (Lipinski definition) is 1. The molecule has 17 heavy (non-hydrogen) atoms. The summed E-state index contributed by atoms with van der Waals surface area (Å²) >= 11 is 0. The van der Waals surface area contributed by atoms with Crippen molar-refractivity contribution in [2.75, 3.05) is 6.61 Å². The monoisotopic (exact) mass is 232 g/mol. The minimum Gasteiger partial charge on any atom is -0.492 e. The first-order valence-electron chi connectivity index (χ1n) is 5.19.